The minimum Gasteiger partial charge on any atom is -0.443 e. The molecule has 0 unspecified atom stereocenters. The molecular formula is C30H33ClN4O5S. The fourth-order valence-corrected chi connectivity index (χ4v) is 5.59. The van der Waals surface area contributed by atoms with Gasteiger partial charge in [0.15, 0.2) is 0 Å². The van der Waals surface area contributed by atoms with Crippen molar-refractivity contribution < 1.29 is 17.9 Å². The summed E-state index contributed by atoms with van der Waals surface area (Å²) in [6.45, 7) is 7.31. The highest BCUT2D eigenvalue weighted by Gasteiger charge is 2.25. The van der Waals surface area contributed by atoms with E-state index in [0.717, 1.165) is 18.4 Å². The van der Waals surface area contributed by atoms with Crippen molar-refractivity contribution in [2.24, 2.45) is 0 Å². The maximum Gasteiger partial charge on any atom is 0.421 e. The van der Waals surface area contributed by atoms with Crippen LogP contribution in [0.5, 0.6) is 0 Å². The number of nitrogens with one attached hydrogen (secondary N) is 1. The number of carbonyl (C=O) groups is 1. The van der Waals surface area contributed by atoms with Crippen molar-refractivity contribution in [1.29, 1.82) is 0 Å². The van der Waals surface area contributed by atoms with E-state index in [-0.39, 0.29) is 17.1 Å². The monoisotopic (exact) mass is 596 g/mol. The molecule has 0 saturated heterocycles. The number of hydrogen-bond donors (Lipinski definition) is 1. The maximum atomic E-state index is 13.4. The van der Waals surface area contributed by atoms with Crippen LogP contribution < -0.4 is 10.4 Å². The summed E-state index contributed by atoms with van der Waals surface area (Å²) < 4.78 is 36.2. The molecule has 0 aliphatic rings. The number of carbonyl (C=O) groups excluding carboxylic acids is 1. The van der Waals surface area contributed by atoms with Gasteiger partial charge in [0.25, 0.3) is 10.0 Å². The molecule has 1 heterocycles. The zero-order valence-electron chi connectivity index (χ0n) is 23.4. The first-order valence-corrected chi connectivity index (χ1v) is 15.1. The Morgan fingerprint density at radius 3 is 2.32 bits per heavy atom. The van der Waals surface area contributed by atoms with E-state index in [1.165, 1.54) is 10.7 Å². The molecule has 0 atom stereocenters. The van der Waals surface area contributed by atoms with E-state index in [1.807, 2.05) is 16.9 Å². The molecular weight excluding hydrogens is 564 g/mol. The molecule has 4 rings (SSSR count). The van der Waals surface area contributed by atoms with Crippen molar-refractivity contribution in [2.45, 2.75) is 64.0 Å². The van der Waals surface area contributed by atoms with E-state index >= 15 is 0 Å². The first kappa shape index (κ1) is 30.1. The summed E-state index contributed by atoms with van der Waals surface area (Å²) in [4.78, 5) is 25.6. The summed E-state index contributed by atoms with van der Waals surface area (Å²) in [6, 6.07) is 20.7. The highest BCUT2D eigenvalue weighted by atomic mass is 35.5. The Morgan fingerprint density at radius 1 is 1.00 bits per heavy atom. The molecule has 0 aliphatic heterocycles. The van der Waals surface area contributed by atoms with E-state index < -0.39 is 21.7 Å². The largest absolute Gasteiger partial charge is 0.443 e. The van der Waals surface area contributed by atoms with Gasteiger partial charge in [0, 0.05) is 12.0 Å². The van der Waals surface area contributed by atoms with Crippen molar-refractivity contribution in [3.8, 4) is 16.8 Å². The molecule has 41 heavy (non-hydrogen) atoms. The number of sulfonamides is 1. The van der Waals surface area contributed by atoms with Crippen molar-refractivity contribution in [3.63, 3.8) is 0 Å². The van der Waals surface area contributed by atoms with Crippen LogP contribution in [0.25, 0.3) is 16.8 Å². The normalized spacial score (nSPS) is 11.8. The van der Waals surface area contributed by atoms with E-state index in [0.29, 0.717) is 34.1 Å². The van der Waals surface area contributed by atoms with E-state index in [9.17, 15) is 18.0 Å². The van der Waals surface area contributed by atoms with Gasteiger partial charge in [-0.3, -0.25) is 4.57 Å². The van der Waals surface area contributed by atoms with Crippen LogP contribution in [0.3, 0.4) is 0 Å². The molecule has 0 saturated carbocycles. The predicted octanol–water partition coefficient (Wildman–Crippen LogP) is 5.96. The van der Waals surface area contributed by atoms with Gasteiger partial charge in [-0.1, -0.05) is 79.5 Å². The molecule has 1 amide bonds. The zero-order chi connectivity index (χ0) is 29.8. The lowest BCUT2D eigenvalue weighted by Crippen LogP contribution is -2.36. The van der Waals surface area contributed by atoms with Crippen LogP contribution in [-0.4, -0.2) is 34.5 Å². The average Bonchev–Trinajstić information content (AvgIpc) is 3.21. The third kappa shape index (κ3) is 7.25. The summed E-state index contributed by atoms with van der Waals surface area (Å²) in [5, 5.41) is 5.03. The summed E-state index contributed by atoms with van der Waals surface area (Å²) >= 11 is 6.35. The molecule has 0 radical (unpaired) electrons. The van der Waals surface area contributed by atoms with Crippen LogP contribution in [0, 0.1) is 0 Å². The number of aromatic nitrogens is 3. The number of halogens is 1. The standard InChI is InChI=1S/C30H33ClN4O5S/c1-5-6-15-27-32-35(25-13-9-8-12-24(25)31)29(37)34(27)20-21-16-18-22(19-17-21)23-11-7-10-14-26(23)41(38,39)33-28(36)40-30(2,3)4/h7-14,16-19H,5-6,15,20H2,1-4H3,(H,33,36). The molecule has 3 aromatic carbocycles. The molecule has 1 N–H and O–H groups in total. The minimum atomic E-state index is -4.21. The lowest BCUT2D eigenvalue weighted by atomic mass is 10.0. The number of amides is 1. The SMILES string of the molecule is CCCCc1nn(-c2ccccc2Cl)c(=O)n1Cc1ccc(-c2ccccc2S(=O)(=O)NC(=O)OC(C)(C)C)cc1. The molecule has 4 aromatic rings. The van der Waals surface area contributed by atoms with Crippen LogP contribution in [0.4, 0.5) is 4.79 Å². The highest BCUT2D eigenvalue weighted by Crippen LogP contribution is 2.28. The molecule has 216 valence electrons. The van der Waals surface area contributed by atoms with E-state index in [1.54, 1.807) is 79.9 Å². The molecule has 0 fully saturated rings. The predicted molar refractivity (Wildman–Crippen MR) is 159 cm³/mol. The number of aryl methyl sites for hydroxylation is 1. The van der Waals surface area contributed by atoms with Gasteiger partial charge in [-0.15, -0.1) is 5.10 Å². The molecule has 0 bridgehead atoms. The van der Waals surface area contributed by atoms with Crippen molar-refractivity contribution in [2.75, 3.05) is 0 Å². The fourth-order valence-electron chi connectivity index (χ4n) is 4.27. The van der Waals surface area contributed by atoms with Crippen LogP contribution in [0.2, 0.25) is 5.02 Å². The van der Waals surface area contributed by atoms with Crippen molar-refractivity contribution >= 4 is 27.7 Å². The molecule has 0 spiro atoms. The van der Waals surface area contributed by atoms with Gasteiger partial charge in [-0.05, 0) is 56.5 Å². The fraction of sp³-hybridized carbons (Fsp3) is 0.300. The molecule has 11 heteroatoms. The Morgan fingerprint density at radius 2 is 1.66 bits per heavy atom. The number of nitrogens with zero attached hydrogens (tertiary/aromatic N) is 3. The number of para-hydroxylation sites is 1. The minimum absolute atomic E-state index is 0.0577. The first-order chi connectivity index (χ1) is 19.4. The number of ether oxygens (including phenoxy) is 1. The van der Waals surface area contributed by atoms with Gasteiger partial charge in [-0.2, -0.15) is 4.68 Å². The molecule has 0 aliphatic carbocycles. The first-order valence-electron chi connectivity index (χ1n) is 13.3. The average molecular weight is 597 g/mol. The van der Waals surface area contributed by atoms with Crippen molar-refractivity contribution in [1.82, 2.24) is 19.1 Å². The van der Waals surface area contributed by atoms with Gasteiger partial charge < -0.3 is 4.74 Å². The van der Waals surface area contributed by atoms with Crippen LogP contribution >= 0.6 is 11.6 Å². The number of benzene rings is 3. The summed E-state index contributed by atoms with van der Waals surface area (Å²) in [7, 11) is -4.21. The van der Waals surface area contributed by atoms with Gasteiger partial charge in [0.2, 0.25) is 0 Å². The lowest BCUT2D eigenvalue weighted by molar-refractivity contribution is 0.0570. The van der Waals surface area contributed by atoms with Gasteiger partial charge in [0.05, 0.1) is 22.2 Å². The third-order valence-corrected chi connectivity index (χ3v) is 7.86. The Hall–Kier alpha value is -3.89. The number of unbranched alkanes of at least 4 members (excludes halogenated alkanes) is 1. The molecule has 9 nitrogen and oxygen atoms in total. The van der Waals surface area contributed by atoms with E-state index in [2.05, 4.69) is 12.0 Å². The second kappa shape index (κ2) is 12.3. The van der Waals surface area contributed by atoms with E-state index in [4.69, 9.17) is 16.3 Å². The second-order valence-electron chi connectivity index (χ2n) is 10.6. The molecule has 1 aromatic heterocycles. The van der Waals surface area contributed by atoms with Crippen LogP contribution in [0.15, 0.2) is 82.5 Å². The van der Waals surface area contributed by atoms with Gasteiger partial charge >= 0.3 is 11.8 Å². The smallest absolute Gasteiger partial charge is 0.421 e. The number of rotatable bonds is 9. The lowest BCUT2D eigenvalue weighted by Gasteiger charge is -2.20. The van der Waals surface area contributed by atoms with Crippen LogP contribution in [-0.2, 0) is 27.7 Å². The summed E-state index contributed by atoms with van der Waals surface area (Å²) in [5.74, 6) is 0.658. The Bertz CT molecular complexity index is 1700. The van der Waals surface area contributed by atoms with Gasteiger partial charge in [0.1, 0.15) is 11.4 Å². The van der Waals surface area contributed by atoms with Crippen LogP contribution in [0.1, 0.15) is 51.9 Å². The Kier molecular flexibility index (Phi) is 9.04. The Labute approximate surface area is 244 Å². The van der Waals surface area contributed by atoms with Gasteiger partial charge in [-0.25, -0.2) is 22.7 Å². The Balaban J connectivity index is 1.63. The zero-order valence-corrected chi connectivity index (χ0v) is 25.0. The van der Waals surface area contributed by atoms with Crippen molar-refractivity contribution in [3.05, 3.63) is 99.7 Å². The number of hydrogen-bond acceptors (Lipinski definition) is 6. The highest BCUT2D eigenvalue weighted by molar-refractivity contribution is 7.90. The third-order valence-electron chi connectivity index (χ3n) is 6.17. The summed E-state index contributed by atoms with van der Waals surface area (Å²) in [6.07, 6.45) is 1.41. The summed E-state index contributed by atoms with van der Waals surface area (Å²) in [5.41, 5.74) is 1.25. The quantitative estimate of drug-likeness (QED) is 0.255. The maximum absolute atomic E-state index is 13.4. The topological polar surface area (TPSA) is 112 Å². The second-order valence-corrected chi connectivity index (χ2v) is 12.6.